The van der Waals surface area contributed by atoms with Crippen molar-refractivity contribution in [3.05, 3.63) is 46.7 Å². The third-order valence-electron chi connectivity index (χ3n) is 3.10. The van der Waals surface area contributed by atoms with E-state index in [1.165, 1.54) is 6.20 Å². The van der Waals surface area contributed by atoms with Crippen molar-refractivity contribution in [1.82, 2.24) is 4.98 Å². The number of esters is 2. The number of anilines is 1. The van der Waals surface area contributed by atoms with Gasteiger partial charge in [-0.2, -0.15) is 0 Å². The molecule has 0 bridgehead atoms. The summed E-state index contributed by atoms with van der Waals surface area (Å²) in [6, 6.07) is 6.93. The second-order valence-electron chi connectivity index (χ2n) is 4.66. The third kappa shape index (κ3) is 3.38. The van der Waals surface area contributed by atoms with Gasteiger partial charge in [-0.3, -0.25) is 14.6 Å². The Balaban J connectivity index is 1.94. The van der Waals surface area contributed by atoms with Gasteiger partial charge in [-0.1, -0.05) is 35.3 Å². The molecule has 1 aromatic carbocycles. The zero-order valence-corrected chi connectivity index (χ0v) is 13.1. The Morgan fingerprint density at radius 1 is 1.09 bits per heavy atom. The van der Waals surface area contributed by atoms with Crippen LogP contribution in [0.2, 0.25) is 10.0 Å². The molecular weight excluding hydrogens is 343 g/mol. The fourth-order valence-corrected chi connectivity index (χ4v) is 2.51. The van der Waals surface area contributed by atoms with Gasteiger partial charge in [-0.05, 0) is 12.1 Å². The normalized spacial score (nSPS) is 15.0. The molecule has 6 nitrogen and oxygen atoms in total. The van der Waals surface area contributed by atoms with Crippen molar-refractivity contribution in [2.45, 2.75) is 12.8 Å². The largest absolute Gasteiger partial charge is 0.406 e. The highest BCUT2D eigenvalue weighted by atomic mass is 35.5. The molecule has 0 spiro atoms. The zero-order valence-electron chi connectivity index (χ0n) is 11.6. The molecule has 1 N–H and O–H groups in total. The van der Waals surface area contributed by atoms with E-state index in [9.17, 15) is 9.59 Å². The van der Waals surface area contributed by atoms with Crippen molar-refractivity contribution in [3.63, 3.8) is 0 Å². The molecule has 1 fully saturated rings. The van der Waals surface area contributed by atoms with Gasteiger partial charge in [0.25, 0.3) is 0 Å². The number of hydrogen-bond donors (Lipinski definition) is 1. The molecule has 8 heteroatoms. The molecule has 1 aromatic heterocycles. The van der Waals surface area contributed by atoms with Gasteiger partial charge in [0.2, 0.25) is 0 Å². The Morgan fingerprint density at radius 2 is 1.83 bits per heavy atom. The van der Waals surface area contributed by atoms with E-state index in [2.05, 4.69) is 10.3 Å². The number of carbonyl (C=O) groups is 2. The van der Waals surface area contributed by atoms with Gasteiger partial charge in [0.1, 0.15) is 6.42 Å². The van der Waals surface area contributed by atoms with Crippen molar-refractivity contribution in [2.75, 3.05) is 5.32 Å². The maximum absolute atomic E-state index is 11.3. The van der Waals surface area contributed by atoms with Crippen molar-refractivity contribution < 1.29 is 19.1 Å². The van der Waals surface area contributed by atoms with Gasteiger partial charge in [0, 0.05) is 17.3 Å². The zero-order chi connectivity index (χ0) is 16.4. The number of nitrogens with zero attached hydrogens (tertiary/aromatic N) is 1. The summed E-state index contributed by atoms with van der Waals surface area (Å²) in [4.78, 5) is 26.6. The van der Waals surface area contributed by atoms with Crippen molar-refractivity contribution >= 4 is 40.8 Å². The molecule has 2 aromatic rings. The predicted molar refractivity (Wildman–Crippen MR) is 83.9 cm³/mol. The van der Waals surface area contributed by atoms with E-state index in [0.29, 0.717) is 26.9 Å². The molecule has 23 heavy (non-hydrogen) atoms. The number of pyridine rings is 1. The summed E-state index contributed by atoms with van der Waals surface area (Å²) in [5.41, 5.74) is 1.81. The van der Waals surface area contributed by atoms with Gasteiger partial charge in [-0.25, -0.2) is 0 Å². The predicted octanol–water partition coefficient (Wildman–Crippen LogP) is 3.24. The monoisotopic (exact) mass is 352 g/mol. The van der Waals surface area contributed by atoms with Crippen LogP contribution in [0.5, 0.6) is 0 Å². The van der Waals surface area contributed by atoms with E-state index in [4.69, 9.17) is 32.7 Å². The van der Waals surface area contributed by atoms with Crippen molar-refractivity contribution in [3.8, 4) is 11.1 Å². The first-order chi connectivity index (χ1) is 11.0. The first-order valence-corrected chi connectivity index (χ1v) is 7.34. The summed E-state index contributed by atoms with van der Waals surface area (Å²) in [6.45, 7) is 0. The average molecular weight is 353 g/mol. The first kappa shape index (κ1) is 15.6. The lowest BCUT2D eigenvalue weighted by Crippen LogP contribution is -2.37. The van der Waals surface area contributed by atoms with Crippen LogP contribution in [0.15, 0.2) is 36.7 Å². The standard InChI is InChI=1S/C15H10Cl2N2O4/c16-10-3-1-2-9(14(10)17)8-4-5-18-7-11(8)19-15-22-12(20)6-13(21)23-15/h1-5,7,15,19H,6H2. The number of nitrogens with one attached hydrogen (secondary N) is 1. The first-order valence-electron chi connectivity index (χ1n) is 6.58. The van der Waals surface area contributed by atoms with Crippen LogP contribution in [0.3, 0.4) is 0 Å². The number of carbonyl (C=O) groups excluding carboxylic acids is 2. The number of rotatable bonds is 3. The molecule has 3 rings (SSSR count). The van der Waals surface area contributed by atoms with Crippen LogP contribution < -0.4 is 5.32 Å². The molecule has 0 unspecified atom stereocenters. The quantitative estimate of drug-likeness (QED) is 0.674. The Labute approximate surface area is 141 Å². The lowest BCUT2D eigenvalue weighted by molar-refractivity contribution is -0.197. The average Bonchev–Trinajstić information content (AvgIpc) is 2.50. The summed E-state index contributed by atoms with van der Waals surface area (Å²) in [6.07, 6.45) is 1.46. The summed E-state index contributed by atoms with van der Waals surface area (Å²) < 4.78 is 9.85. The van der Waals surface area contributed by atoms with Crippen LogP contribution in [0.1, 0.15) is 6.42 Å². The second kappa shape index (κ2) is 6.44. The highest BCUT2D eigenvalue weighted by Gasteiger charge is 2.28. The van der Waals surface area contributed by atoms with E-state index in [-0.39, 0.29) is 0 Å². The summed E-state index contributed by atoms with van der Waals surface area (Å²) in [7, 11) is 0. The van der Waals surface area contributed by atoms with Gasteiger partial charge in [-0.15, -0.1) is 0 Å². The number of aromatic nitrogens is 1. The van der Waals surface area contributed by atoms with Crippen LogP contribution in [0.4, 0.5) is 5.69 Å². The van der Waals surface area contributed by atoms with Crippen molar-refractivity contribution in [1.29, 1.82) is 0 Å². The fourth-order valence-electron chi connectivity index (χ4n) is 2.11. The lowest BCUT2D eigenvalue weighted by atomic mass is 10.1. The highest BCUT2D eigenvalue weighted by molar-refractivity contribution is 6.43. The van der Waals surface area contributed by atoms with E-state index in [0.717, 1.165) is 0 Å². The van der Waals surface area contributed by atoms with Gasteiger partial charge < -0.3 is 14.8 Å². The molecular formula is C15H10Cl2N2O4. The number of benzene rings is 1. The van der Waals surface area contributed by atoms with E-state index in [1.54, 1.807) is 30.5 Å². The number of cyclic esters (lactones) is 2. The SMILES string of the molecule is O=C1CC(=O)OC(Nc2cnccc2-c2cccc(Cl)c2Cl)O1. The Morgan fingerprint density at radius 3 is 2.57 bits per heavy atom. The van der Waals surface area contributed by atoms with Gasteiger partial charge in [0.15, 0.2) is 0 Å². The molecule has 1 saturated heterocycles. The van der Waals surface area contributed by atoms with Crippen LogP contribution >= 0.6 is 23.2 Å². The summed E-state index contributed by atoms with van der Waals surface area (Å²) in [5.74, 6) is -1.32. The maximum atomic E-state index is 11.3. The van der Waals surface area contributed by atoms with E-state index >= 15 is 0 Å². The number of ether oxygens (including phenoxy) is 2. The van der Waals surface area contributed by atoms with E-state index < -0.39 is 24.8 Å². The molecule has 0 saturated carbocycles. The molecule has 118 valence electrons. The minimum Gasteiger partial charge on any atom is -0.406 e. The van der Waals surface area contributed by atoms with Gasteiger partial charge >= 0.3 is 18.4 Å². The maximum Gasteiger partial charge on any atom is 0.329 e. The highest BCUT2D eigenvalue weighted by Crippen LogP contribution is 2.37. The molecule has 2 heterocycles. The van der Waals surface area contributed by atoms with E-state index in [1.807, 2.05) is 0 Å². The molecule has 0 radical (unpaired) electrons. The Hall–Kier alpha value is -2.31. The minimum absolute atomic E-state index is 0.376. The van der Waals surface area contributed by atoms with Gasteiger partial charge in [0.05, 0.1) is 21.9 Å². The second-order valence-corrected chi connectivity index (χ2v) is 5.44. The Bertz CT molecular complexity index is 766. The molecule has 0 amide bonds. The Kier molecular flexibility index (Phi) is 4.36. The fraction of sp³-hybridized carbons (Fsp3) is 0.133. The summed E-state index contributed by atoms with van der Waals surface area (Å²) >= 11 is 12.3. The molecule has 1 aliphatic rings. The van der Waals surface area contributed by atoms with Crippen LogP contribution in [-0.2, 0) is 19.1 Å². The van der Waals surface area contributed by atoms with Crippen LogP contribution in [-0.4, -0.2) is 23.3 Å². The molecule has 0 atom stereocenters. The van der Waals surface area contributed by atoms with Crippen LogP contribution in [0, 0.1) is 0 Å². The molecule has 0 aliphatic carbocycles. The van der Waals surface area contributed by atoms with Crippen LogP contribution in [0.25, 0.3) is 11.1 Å². The number of halogens is 2. The minimum atomic E-state index is -1.22. The smallest absolute Gasteiger partial charge is 0.329 e. The lowest BCUT2D eigenvalue weighted by Gasteiger charge is -2.24. The number of hydrogen-bond acceptors (Lipinski definition) is 6. The topological polar surface area (TPSA) is 77.5 Å². The summed E-state index contributed by atoms with van der Waals surface area (Å²) in [5, 5.41) is 3.59. The van der Waals surface area contributed by atoms with Crippen molar-refractivity contribution in [2.24, 2.45) is 0 Å². The molecule has 1 aliphatic heterocycles. The third-order valence-corrected chi connectivity index (χ3v) is 3.92.